The van der Waals surface area contributed by atoms with Crippen molar-refractivity contribution in [3.63, 3.8) is 0 Å². The summed E-state index contributed by atoms with van der Waals surface area (Å²) in [5.74, 6) is -2.20. The molecule has 1 saturated heterocycles. The van der Waals surface area contributed by atoms with Crippen LogP contribution >= 0.6 is 0 Å². The molecule has 1 aromatic carbocycles. The van der Waals surface area contributed by atoms with Crippen molar-refractivity contribution in [2.75, 3.05) is 6.61 Å². The second-order valence-electron chi connectivity index (χ2n) is 4.92. The molecule has 0 aliphatic carbocycles. The number of aryl methyl sites for hydroxylation is 1. The van der Waals surface area contributed by atoms with Crippen LogP contribution in [0.25, 0.3) is 0 Å². The first kappa shape index (κ1) is 13.1. The van der Waals surface area contributed by atoms with E-state index in [1.54, 1.807) is 6.92 Å². The molecule has 18 heavy (non-hydrogen) atoms. The lowest BCUT2D eigenvalue weighted by Crippen LogP contribution is -2.42. The van der Waals surface area contributed by atoms with Crippen LogP contribution in [0.4, 0.5) is 8.78 Å². The largest absolute Gasteiger partial charge is 0.367 e. The monoisotopic (exact) mass is 254 g/mol. The fraction of sp³-hybridized carbons (Fsp3) is 0.500. The maximum Gasteiger partial charge on any atom is 0.200 e. The van der Waals surface area contributed by atoms with Crippen molar-refractivity contribution in [2.45, 2.75) is 38.7 Å². The summed E-state index contributed by atoms with van der Waals surface area (Å²) in [7, 11) is 0. The molecule has 1 aliphatic rings. The molecule has 0 bridgehead atoms. The number of Topliss-reactive ketones (excluding diaryl/α,β-unsaturated/α-hetero) is 1. The number of halogens is 2. The average molecular weight is 254 g/mol. The van der Waals surface area contributed by atoms with Crippen LogP contribution < -0.4 is 0 Å². The molecule has 0 radical (unpaired) electrons. The minimum Gasteiger partial charge on any atom is -0.367 e. The van der Waals surface area contributed by atoms with Crippen molar-refractivity contribution in [3.8, 4) is 0 Å². The molecule has 0 saturated carbocycles. The fourth-order valence-electron chi connectivity index (χ4n) is 2.24. The Morgan fingerprint density at radius 3 is 2.67 bits per heavy atom. The standard InChI is InChI=1S/C14H16F2O2/c1-9-5-6-10(15)11(12(9)16)13(17)14(2)7-3-4-8-18-14/h5-6H,3-4,7-8H2,1-2H3. The van der Waals surface area contributed by atoms with Crippen molar-refractivity contribution in [1.82, 2.24) is 0 Å². The van der Waals surface area contributed by atoms with Crippen LogP contribution in [0.15, 0.2) is 12.1 Å². The molecule has 1 aliphatic heterocycles. The van der Waals surface area contributed by atoms with E-state index in [0.29, 0.717) is 13.0 Å². The minimum atomic E-state index is -1.10. The van der Waals surface area contributed by atoms with Gasteiger partial charge in [-0.05, 0) is 44.7 Å². The topological polar surface area (TPSA) is 26.3 Å². The summed E-state index contributed by atoms with van der Waals surface area (Å²) in [4.78, 5) is 12.3. The van der Waals surface area contributed by atoms with Crippen LogP contribution in [0.2, 0.25) is 0 Å². The third kappa shape index (κ3) is 2.17. The van der Waals surface area contributed by atoms with E-state index in [1.165, 1.54) is 13.0 Å². The number of carbonyl (C=O) groups excluding carboxylic acids is 1. The van der Waals surface area contributed by atoms with Crippen molar-refractivity contribution in [1.29, 1.82) is 0 Å². The van der Waals surface area contributed by atoms with Gasteiger partial charge in [-0.25, -0.2) is 8.78 Å². The summed E-state index contributed by atoms with van der Waals surface area (Å²) in [6.45, 7) is 3.57. The van der Waals surface area contributed by atoms with E-state index < -0.39 is 28.6 Å². The number of benzene rings is 1. The van der Waals surface area contributed by atoms with E-state index in [9.17, 15) is 13.6 Å². The third-order valence-electron chi connectivity index (χ3n) is 3.46. The minimum absolute atomic E-state index is 0.263. The zero-order valence-electron chi connectivity index (χ0n) is 10.6. The molecule has 98 valence electrons. The summed E-state index contributed by atoms with van der Waals surface area (Å²) in [6, 6.07) is 2.45. The van der Waals surface area contributed by atoms with Crippen molar-refractivity contribution >= 4 is 5.78 Å². The predicted octanol–water partition coefficient (Wildman–Crippen LogP) is 3.42. The highest BCUT2D eigenvalue weighted by Crippen LogP contribution is 2.30. The molecule has 2 nitrogen and oxygen atoms in total. The van der Waals surface area contributed by atoms with Crippen molar-refractivity contribution in [3.05, 3.63) is 34.9 Å². The summed E-state index contributed by atoms with van der Waals surface area (Å²) in [5.41, 5.74) is -1.31. The van der Waals surface area contributed by atoms with Crippen molar-refractivity contribution in [2.24, 2.45) is 0 Å². The number of carbonyl (C=O) groups is 1. The smallest absolute Gasteiger partial charge is 0.200 e. The van der Waals surface area contributed by atoms with E-state index >= 15 is 0 Å². The molecular weight excluding hydrogens is 238 g/mol. The second kappa shape index (κ2) is 4.76. The molecule has 0 N–H and O–H groups in total. The maximum absolute atomic E-state index is 13.9. The van der Waals surface area contributed by atoms with E-state index in [2.05, 4.69) is 0 Å². The van der Waals surface area contributed by atoms with E-state index in [4.69, 9.17) is 4.74 Å². The molecule has 0 aromatic heterocycles. The zero-order valence-corrected chi connectivity index (χ0v) is 10.6. The lowest BCUT2D eigenvalue weighted by Gasteiger charge is -2.32. The van der Waals surface area contributed by atoms with Crippen molar-refractivity contribution < 1.29 is 18.3 Å². The highest BCUT2D eigenvalue weighted by Gasteiger charge is 2.39. The SMILES string of the molecule is Cc1ccc(F)c(C(=O)C2(C)CCCCO2)c1F. The van der Waals surface area contributed by atoms with Gasteiger partial charge in [-0.3, -0.25) is 4.79 Å². The van der Waals surface area contributed by atoms with Crippen LogP contribution in [0.1, 0.15) is 42.1 Å². The Morgan fingerprint density at radius 1 is 1.33 bits per heavy atom. The van der Waals surface area contributed by atoms with Gasteiger partial charge in [0.05, 0.1) is 5.56 Å². The normalized spacial score (nSPS) is 24.0. The maximum atomic E-state index is 13.9. The van der Waals surface area contributed by atoms with Gasteiger partial charge < -0.3 is 4.74 Å². The average Bonchev–Trinajstić information content (AvgIpc) is 2.35. The van der Waals surface area contributed by atoms with Gasteiger partial charge in [0.1, 0.15) is 17.2 Å². The van der Waals surface area contributed by atoms with Crippen LogP contribution in [0.5, 0.6) is 0 Å². The highest BCUT2D eigenvalue weighted by molar-refractivity contribution is 6.02. The molecule has 0 amide bonds. The number of hydrogen-bond acceptors (Lipinski definition) is 2. The molecule has 4 heteroatoms. The zero-order chi connectivity index (χ0) is 13.3. The molecule has 2 rings (SSSR count). The van der Waals surface area contributed by atoms with Crippen LogP contribution in [0, 0.1) is 18.6 Å². The summed E-state index contributed by atoms with van der Waals surface area (Å²) < 4.78 is 33.1. The molecule has 1 atom stereocenters. The Kier molecular flexibility index (Phi) is 3.48. The first-order valence-electron chi connectivity index (χ1n) is 6.09. The fourth-order valence-corrected chi connectivity index (χ4v) is 2.24. The second-order valence-corrected chi connectivity index (χ2v) is 4.92. The Labute approximate surface area is 105 Å². The first-order chi connectivity index (χ1) is 8.46. The number of ketones is 1. The molecular formula is C14H16F2O2. The van der Waals surface area contributed by atoms with Crippen LogP contribution in [-0.4, -0.2) is 18.0 Å². The van der Waals surface area contributed by atoms with E-state index in [0.717, 1.165) is 18.9 Å². The third-order valence-corrected chi connectivity index (χ3v) is 3.46. The molecule has 1 heterocycles. The van der Waals surface area contributed by atoms with Gasteiger partial charge in [-0.1, -0.05) is 6.07 Å². The Bertz CT molecular complexity index is 477. The van der Waals surface area contributed by atoms with E-state index in [-0.39, 0.29) is 5.56 Å². The van der Waals surface area contributed by atoms with Crippen LogP contribution in [-0.2, 0) is 4.74 Å². The molecule has 1 fully saturated rings. The van der Waals surface area contributed by atoms with E-state index in [1.807, 2.05) is 0 Å². The lowest BCUT2D eigenvalue weighted by molar-refractivity contribution is -0.0430. The van der Waals surface area contributed by atoms with Gasteiger partial charge in [0.25, 0.3) is 0 Å². The molecule has 0 spiro atoms. The summed E-state index contributed by atoms with van der Waals surface area (Å²) in [5, 5.41) is 0. The lowest BCUT2D eigenvalue weighted by atomic mass is 9.87. The first-order valence-corrected chi connectivity index (χ1v) is 6.09. The quantitative estimate of drug-likeness (QED) is 0.756. The van der Waals surface area contributed by atoms with Gasteiger partial charge in [0, 0.05) is 6.61 Å². The highest BCUT2D eigenvalue weighted by atomic mass is 19.1. The molecule has 1 unspecified atom stereocenters. The van der Waals surface area contributed by atoms with Gasteiger partial charge in [0.2, 0.25) is 0 Å². The summed E-state index contributed by atoms with van der Waals surface area (Å²) in [6.07, 6.45) is 2.21. The predicted molar refractivity (Wildman–Crippen MR) is 63.6 cm³/mol. The Morgan fingerprint density at radius 2 is 2.06 bits per heavy atom. The number of ether oxygens (including phenoxy) is 1. The van der Waals surface area contributed by atoms with Gasteiger partial charge >= 0.3 is 0 Å². The van der Waals surface area contributed by atoms with Gasteiger partial charge in [-0.15, -0.1) is 0 Å². The van der Waals surface area contributed by atoms with Gasteiger partial charge in [0.15, 0.2) is 5.78 Å². The number of hydrogen-bond donors (Lipinski definition) is 0. The van der Waals surface area contributed by atoms with Gasteiger partial charge in [-0.2, -0.15) is 0 Å². The molecule has 1 aromatic rings. The Hall–Kier alpha value is -1.29. The van der Waals surface area contributed by atoms with Crippen LogP contribution in [0.3, 0.4) is 0 Å². The summed E-state index contributed by atoms with van der Waals surface area (Å²) >= 11 is 0. The number of rotatable bonds is 2. The Balaban J connectivity index is 2.42.